The molecule has 0 bridgehead atoms. The number of carbonyl (C=O) groups is 2. The zero-order valence-electron chi connectivity index (χ0n) is 12.2. The Morgan fingerprint density at radius 1 is 1.33 bits per heavy atom. The molecule has 2 rings (SSSR count). The van der Waals surface area contributed by atoms with Crippen LogP contribution < -0.4 is 5.32 Å². The van der Waals surface area contributed by atoms with E-state index in [1.165, 1.54) is 5.56 Å². The molecule has 1 unspecified atom stereocenters. The van der Waals surface area contributed by atoms with Crippen LogP contribution in [0.3, 0.4) is 0 Å². The molecule has 0 aromatic heterocycles. The summed E-state index contributed by atoms with van der Waals surface area (Å²) in [5.41, 5.74) is 1.22. The van der Waals surface area contributed by atoms with Crippen LogP contribution in [-0.2, 0) is 9.59 Å². The van der Waals surface area contributed by atoms with Gasteiger partial charge in [0, 0.05) is 23.1 Å². The summed E-state index contributed by atoms with van der Waals surface area (Å²) in [6.45, 7) is 2.04. The van der Waals surface area contributed by atoms with Crippen molar-refractivity contribution < 1.29 is 14.7 Å². The maximum atomic E-state index is 11.9. The summed E-state index contributed by atoms with van der Waals surface area (Å²) in [7, 11) is 0. The summed E-state index contributed by atoms with van der Waals surface area (Å²) in [4.78, 5) is 23.8. The van der Waals surface area contributed by atoms with E-state index < -0.39 is 5.97 Å². The van der Waals surface area contributed by atoms with Gasteiger partial charge >= 0.3 is 5.97 Å². The van der Waals surface area contributed by atoms with E-state index in [4.69, 9.17) is 5.11 Å². The number of hydrogen-bond donors (Lipinski definition) is 2. The van der Waals surface area contributed by atoms with Gasteiger partial charge in [-0.25, -0.2) is 0 Å². The standard InChI is InChI=1S/C16H21NO3S/c1-11-2-6-13(7-3-11)21-9-8-15(18)17-14(10-16(19)20)12-4-5-12/h2-3,6-7,12,14H,4-5,8-10H2,1H3,(H,17,18)(H,19,20). The number of hydrogen-bond acceptors (Lipinski definition) is 3. The zero-order chi connectivity index (χ0) is 15.2. The maximum absolute atomic E-state index is 11.9. The van der Waals surface area contributed by atoms with E-state index in [9.17, 15) is 9.59 Å². The maximum Gasteiger partial charge on any atom is 0.305 e. The highest BCUT2D eigenvalue weighted by atomic mass is 32.2. The summed E-state index contributed by atoms with van der Waals surface area (Å²) in [5, 5.41) is 11.7. The lowest BCUT2D eigenvalue weighted by Crippen LogP contribution is -2.38. The van der Waals surface area contributed by atoms with Crippen LogP contribution in [0.25, 0.3) is 0 Å². The summed E-state index contributed by atoms with van der Waals surface area (Å²) in [5.74, 6) is 0.170. The Balaban J connectivity index is 1.71. The molecule has 1 amide bonds. The van der Waals surface area contributed by atoms with Crippen LogP contribution in [0.5, 0.6) is 0 Å². The molecule has 1 aliphatic carbocycles. The number of thioether (sulfide) groups is 1. The minimum Gasteiger partial charge on any atom is -0.481 e. The fourth-order valence-electron chi connectivity index (χ4n) is 2.20. The van der Waals surface area contributed by atoms with Gasteiger partial charge in [-0.1, -0.05) is 17.7 Å². The van der Waals surface area contributed by atoms with Crippen LogP contribution in [0, 0.1) is 12.8 Å². The number of rotatable bonds is 8. The van der Waals surface area contributed by atoms with Gasteiger partial charge in [0.1, 0.15) is 0 Å². The third-order valence-corrected chi connectivity index (χ3v) is 4.56. The van der Waals surface area contributed by atoms with Gasteiger partial charge in [-0.2, -0.15) is 0 Å². The Kier molecular flexibility index (Phi) is 5.67. The van der Waals surface area contributed by atoms with E-state index in [1.54, 1.807) is 11.8 Å². The molecule has 1 atom stereocenters. The van der Waals surface area contributed by atoms with Crippen LogP contribution in [0.1, 0.15) is 31.2 Å². The van der Waals surface area contributed by atoms with E-state index >= 15 is 0 Å². The summed E-state index contributed by atoms with van der Waals surface area (Å²) >= 11 is 1.65. The van der Waals surface area contributed by atoms with Gasteiger partial charge in [0.25, 0.3) is 0 Å². The Hall–Kier alpha value is -1.49. The van der Waals surface area contributed by atoms with Crippen LogP contribution >= 0.6 is 11.8 Å². The van der Waals surface area contributed by atoms with E-state index in [0.717, 1.165) is 17.7 Å². The second-order valence-electron chi connectivity index (χ2n) is 5.52. The minimum atomic E-state index is -0.846. The number of carbonyl (C=O) groups excluding carboxylic acids is 1. The molecular weight excluding hydrogens is 286 g/mol. The summed E-state index contributed by atoms with van der Waals surface area (Å²) in [6.07, 6.45) is 2.50. The number of carboxylic acid groups (broad SMARTS) is 1. The highest BCUT2D eigenvalue weighted by Crippen LogP contribution is 2.34. The second kappa shape index (κ2) is 7.50. The highest BCUT2D eigenvalue weighted by molar-refractivity contribution is 7.99. The first kappa shape index (κ1) is 15.9. The first-order chi connectivity index (χ1) is 10.0. The Morgan fingerprint density at radius 3 is 2.57 bits per heavy atom. The SMILES string of the molecule is Cc1ccc(SCCC(=O)NC(CC(=O)O)C2CC2)cc1. The molecule has 0 radical (unpaired) electrons. The molecule has 2 N–H and O–H groups in total. The average Bonchev–Trinajstić information content (AvgIpc) is 3.24. The quantitative estimate of drug-likeness (QED) is 0.725. The smallest absolute Gasteiger partial charge is 0.305 e. The van der Waals surface area contributed by atoms with Crippen molar-refractivity contribution in [2.24, 2.45) is 5.92 Å². The first-order valence-corrected chi connectivity index (χ1v) is 8.24. The molecule has 114 valence electrons. The largest absolute Gasteiger partial charge is 0.481 e. The van der Waals surface area contributed by atoms with Crippen molar-refractivity contribution in [1.29, 1.82) is 0 Å². The van der Waals surface area contributed by atoms with E-state index in [0.29, 0.717) is 18.1 Å². The van der Waals surface area contributed by atoms with Crippen LogP contribution in [0.4, 0.5) is 0 Å². The molecule has 0 spiro atoms. The van der Waals surface area contributed by atoms with Gasteiger partial charge < -0.3 is 10.4 Å². The molecule has 1 aromatic rings. The van der Waals surface area contributed by atoms with Gasteiger partial charge in [0.15, 0.2) is 0 Å². The predicted octanol–water partition coefficient (Wildman–Crippen LogP) is 2.85. The van der Waals surface area contributed by atoms with Crippen molar-refractivity contribution in [3.63, 3.8) is 0 Å². The third-order valence-electron chi connectivity index (χ3n) is 3.55. The Morgan fingerprint density at radius 2 is 2.00 bits per heavy atom. The van der Waals surface area contributed by atoms with Crippen LogP contribution in [0.2, 0.25) is 0 Å². The van der Waals surface area contributed by atoms with Gasteiger partial charge in [0.2, 0.25) is 5.91 Å². The number of nitrogens with one attached hydrogen (secondary N) is 1. The lowest BCUT2D eigenvalue weighted by Gasteiger charge is -2.16. The molecule has 1 fully saturated rings. The highest BCUT2D eigenvalue weighted by Gasteiger charge is 2.33. The zero-order valence-corrected chi connectivity index (χ0v) is 13.0. The molecule has 0 heterocycles. The van der Waals surface area contributed by atoms with Crippen molar-refractivity contribution in [1.82, 2.24) is 5.32 Å². The van der Waals surface area contributed by atoms with Crippen LogP contribution in [0.15, 0.2) is 29.2 Å². The van der Waals surface area contributed by atoms with Crippen molar-refractivity contribution in [2.45, 2.75) is 43.5 Å². The molecule has 4 nitrogen and oxygen atoms in total. The first-order valence-electron chi connectivity index (χ1n) is 7.25. The van der Waals surface area contributed by atoms with Gasteiger partial charge in [-0.05, 0) is 37.8 Å². The topological polar surface area (TPSA) is 66.4 Å². The number of aryl methyl sites for hydroxylation is 1. The molecule has 1 aliphatic rings. The van der Waals surface area contributed by atoms with E-state index in [1.807, 2.05) is 6.92 Å². The van der Waals surface area contributed by atoms with Gasteiger partial charge in [0.05, 0.1) is 6.42 Å². The lowest BCUT2D eigenvalue weighted by molar-refractivity contribution is -0.137. The van der Waals surface area contributed by atoms with Gasteiger partial charge in [-0.15, -0.1) is 11.8 Å². The summed E-state index contributed by atoms with van der Waals surface area (Å²) in [6, 6.07) is 8.01. The molecule has 0 aliphatic heterocycles. The molecule has 21 heavy (non-hydrogen) atoms. The molecule has 1 saturated carbocycles. The number of carboxylic acids is 1. The van der Waals surface area contributed by atoms with Crippen molar-refractivity contribution in [3.8, 4) is 0 Å². The minimum absolute atomic E-state index is 0.0293. The van der Waals surface area contributed by atoms with E-state index in [-0.39, 0.29) is 18.4 Å². The summed E-state index contributed by atoms with van der Waals surface area (Å²) < 4.78 is 0. The number of benzene rings is 1. The monoisotopic (exact) mass is 307 g/mol. The van der Waals surface area contributed by atoms with E-state index in [2.05, 4.69) is 29.6 Å². The Labute approximate surface area is 129 Å². The normalized spacial score (nSPS) is 15.5. The molecule has 5 heteroatoms. The fourth-order valence-corrected chi connectivity index (χ4v) is 3.05. The van der Waals surface area contributed by atoms with Crippen molar-refractivity contribution >= 4 is 23.6 Å². The average molecular weight is 307 g/mol. The third kappa shape index (κ3) is 5.79. The molecule has 1 aromatic carbocycles. The lowest BCUT2D eigenvalue weighted by atomic mass is 10.1. The fraction of sp³-hybridized carbons (Fsp3) is 0.500. The molecule has 0 saturated heterocycles. The van der Waals surface area contributed by atoms with Crippen LogP contribution in [-0.4, -0.2) is 28.8 Å². The van der Waals surface area contributed by atoms with Gasteiger partial charge in [-0.3, -0.25) is 9.59 Å². The molecular formula is C16H21NO3S. The van der Waals surface area contributed by atoms with Crippen molar-refractivity contribution in [2.75, 3.05) is 5.75 Å². The number of aliphatic carboxylic acids is 1. The second-order valence-corrected chi connectivity index (χ2v) is 6.69. The predicted molar refractivity (Wildman–Crippen MR) is 83.4 cm³/mol. The number of amides is 1. The Bertz CT molecular complexity index is 497. The van der Waals surface area contributed by atoms with Crippen molar-refractivity contribution in [3.05, 3.63) is 29.8 Å².